The maximum absolute atomic E-state index is 11.8. The maximum atomic E-state index is 11.8. The second-order valence-corrected chi connectivity index (χ2v) is 15.0. The van der Waals surface area contributed by atoms with E-state index in [1.165, 1.54) is 5.56 Å². The highest BCUT2D eigenvalue weighted by Gasteiger charge is 2.43. The van der Waals surface area contributed by atoms with Crippen LogP contribution in [0.3, 0.4) is 0 Å². The number of rotatable bonds is 8. The SMILES string of the molecule is Cc1ccc(OCc2ccc(CN3CCS(=O)(=O)CC3)cc2C)c(-c2csc(N3CC[C@@](C)(C(=O)O)[C@H](C)C3)n2)c1. The number of piperidine rings is 1. The number of aliphatic carboxylic acids is 1. The summed E-state index contributed by atoms with van der Waals surface area (Å²) in [7, 11) is -2.88. The van der Waals surface area contributed by atoms with Crippen LogP contribution in [0.2, 0.25) is 0 Å². The predicted octanol–water partition coefficient (Wildman–Crippen LogP) is 5.17. The molecule has 2 saturated heterocycles. The van der Waals surface area contributed by atoms with Crippen LogP contribution in [0.4, 0.5) is 5.13 Å². The number of ether oxygens (including phenoxy) is 1. The number of carbonyl (C=O) groups is 1. The van der Waals surface area contributed by atoms with Gasteiger partial charge in [0.1, 0.15) is 12.4 Å². The molecule has 220 valence electrons. The molecular weight excluding hydrogens is 558 g/mol. The van der Waals surface area contributed by atoms with E-state index < -0.39 is 21.2 Å². The molecule has 8 nitrogen and oxygen atoms in total. The monoisotopic (exact) mass is 597 g/mol. The van der Waals surface area contributed by atoms with Crippen molar-refractivity contribution in [1.29, 1.82) is 0 Å². The molecule has 2 fully saturated rings. The minimum Gasteiger partial charge on any atom is -0.488 e. The molecule has 1 aromatic heterocycles. The Morgan fingerprint density at radius 1 is 1.15 bits per heavy atom. The van der Waals surface area contributed by atoms with Gasteiger partial charge in [-0.25, -0.2) is 13.4 Å². The van der Waals surface area contributed by atoms with E-state index in [0.29, 0.717) is 39.2 Å². The highest BCUT2D eigenvalue weighted by atomic mass is 32.2. The van der Waals surface area contributed by atoms with E-state index in [9.17, 15) is 18.3 Å². The molecule has 2 aliphatic rings. The molecule has 3 aromatic rings. The summed E-state index contributed by atoms with van der Waals surface area (Å²) in [5.41, 5.74) is 5.64. The van der Waals surface area contributed by atoms with Crippen molar-refractivity contribution >= 4 is 32.3 Å². The lowest BCUT2D eigenvalue weighted by Gasteiger charge is -2.41. The van der Waals surface area contributed by atoms with Gasteiger partial charge in [0.25, 0.3) is 0 Å². The quantitative estimate of drug-likeness (QED) is 0.380. The van der Waals surface area contributed by atoms with Gasteiger partial charge in [-0.1, -0.05) is 36.8 Å². The lowest BCUT2D eigenvalue weighted by molar-refractivity contribution is -0.152. The molecule has 0 bridgehead atoms. The van der Waals surface area contributed by atoms with E-state index in [0.717, 1.165) is 45.4 Å². The summed E-state index contributed by atoms with van der Waals surface area (Å²) in [6.45, 7) is 11.7. The number of benzene rings is 2. The molecule has 2 atom stereocenters. The summed E-state index contributed by atoms with van der Waals surface area (Å²) in [5, 5.41) is 12.7. The molecule has 0 unspecified atom stereocenters. The topological polar surface area (TPSA) is 100 Å². The van der Waals surface area contributed by atoms with Crippen molar-refractivity contribution in [3.8, 4) is 17.0 Å². The van der Waals surface area contributed by atoms with E-state index in [1.54, 1.807) is 11.3 Å². The van der Waals surface area contributed by atoms with Crippen molar-refractivity contribution in [2.24, 2.45) is 11.3 Å². The van der Waals surface area contributed by atoms with Crippen LogP contribution in [0.1, 0.15) is 42.5 Å². The molecule has 0 aliphatic carbocycles. The molecule has 0 saturated carbocycles. The standard InChI is InChI=1S/C31H39N3O5S2/c1-21-5-8-28(39-19-25-7-6-24(16-22(25)2)18-33-11-13-41(37,38)14-12-33)26(15-21)27-20-40-30(32-27)34-10-9-31(4,29(35)36)23(3)17-34/h5-8,15-16,20,23H,9-14,17-19H2,1-4H3,(H,35,36)/t23-,31-/m1/s1. The largest absolute Gasteiger partial charge is 0.488 e. The third-order valence-corrected chi connectivity index (χ3v) is 11.3. The van der Waals surface area contributed by atoms with Gasteiger partial charge in [0.05, 0.1) is 22.6 Å². The minimum absolute atomic E-state index is 0.0181. The number of hydrogen-bond donors (Lipinski definition) is 1. The van der Waals surface area contributed by atoms with E-state index in [1.807, 2.05) is 26.0 Å². The smallest absolute Gasteiger partial charge is 0.309 e. The molecule has 10 heteroatoms. The Morgan fingerprint density at radius 2 is 1.90 bits per heavy atom. The molecule has 0 radical (unpaired) electrons. The Balaban J connectivity index is 1.26. The van der Waals surface area contributed by atoms with Crippen LogP contribution < -0.4 is 9.64 Å². The third kappa shape index (κ3) is 6.60. The number of sulfone groups is 1. The first-order valence-electron chi connectivity index (χ1n) is 14.1. The van der Waals surface area contributed by atoms with Gasteiger partial charge in [0.2, 0.25) is 0 Å². The Kier molecular flexibility index (Phi) is 8.46. The maximum Gasteiger partial charge on any atom is 0.309 e. The van der Waals surface area contributed by atoms with Crippen molar-refractivity contribution < 1.29 is 23.1 Å². The van der Waals surface area contributed by atoms with Crippen molar-refractivity contribution in [1.82, 2.24) is 9.88 Å². The van der Waals surface area contributed by atoms with Crippen molar-refractivity contribution in [2.45, 2.75) is 47.3 Å². The fourth-order valence-corrected chi connectivity index (χ4v) is 7.71. The number of carboxylic acid groups (broad SMARTS) is 1. The third-order valence-electron chi connectivity index (χ3n) is 8.78. The van der Waals surface area contributed by atoms with E-state index >= 15 is 0 Å². The predicted molar refractivity (Wildman–Crippen MR) is 163 cm³/mol. The van der Waals surface area contributed by atoms with Gasteiger partial charge in [-0.2, -0.15) is 0 Å². The first-order valence-corrected chi connectivity index (χ1v) is 16.8. The number of aryl methyl sites for hydroxylation is 2. The number of aromatic nitrogens is 1. The van der Waals surface area contributed by atoms with Gasteiger partial charge in [-0.05, 0) is 61.9 Å². The fourth-order valence-electron chi connectivity index (χ4n) is 5.57. The zero-order valence-corrected chi connectivity index (χ0v) is 25.9. The lowest BCUT2D eigenvalue weighted by atomic mass is 9.73. The molecule has 2 aliphatic heterocycles. The van der Waals surface area contributed by atoms with Gasteiger partial charge < -0.3 is 14.7 Å². The number of nitrogens with zero attached hydrogens (tertiary/aromatic N) is 3. The van der Waals surface area contributed by atoms with E-state index in [4.69, 9.17) is 9.72 Å². The van der Waals surface area contributed by atoms with Crippen LogP contribution in [0, 0.1) is 25.2 Å². The van der Waals surface area contributed by atoms with E-state index in [2.05, 4.69) is 53.3 Å². The average Bonchev–Trinajstić information content (AvgIpc) is 3.42. The zero-order chi connectivity index (χ0) is 29.4. The summed E-state index contributed by atoms with van der Waals surface area (Å²) in [6.07, 6.45) is 0.593. The number of hydrogen-bond acceptors (Lipinski definition) is 8. The van der Waals surface area contributed by atoms with Gasteiger partial charge >= 0.3 is 5.97 Å². The lowest BCUT2D eigenvalue weighted by Crippen LogP contribution is -2.48. The summed E-state index contributed by atoms with van der Waals surface area (Å²) >= 11 is 1.58. The van der Waals surface area contributed by atoms with Crippen molar-refractivity contribution in [2.75, 3.05) is 42.6 Å². The molecule has 0 amide bonds. The van der Waals surface area contributed by atoms with Crippen LogP contribution in [0.15, 0.2) is 41.8 Å². The van der Waals surface area contributed by atoms with Crippen LogP contribution in [-0.4, -0.2) is 67.1 Å². The molecule has 5 rings (SSSR count). The van der Waals surface area contributed by atoms with Crippen LogP contribution in [0.5, 0.6) is 5.75 Å². The summed E-state index contributed by atoms with van der Waals surface area (Å²) in [4.78, 5) is 21.2. The molecule has 41 heavy (non-hydrogen) atoms. The Bertz CT molecular complexity index is 1520. The summed E-state index contributed by atoms with van der Waals surface area (Å²) in [6, 6.07) is 12.5. The molecular formula is C31H39N3O5S2. The Hall–Kier alpha value is -2.95. The van der Waals surface area contributed by atoms with Gasteiger partial charge in [0, 0.05) is 43.7 Å². The van der Waals surface area contributed by atoms with Gasteiger partial charge in [-0.15, -0.1) is 11.3 Å². The first kappa shape index (κ1) is 29.5. The second-order valence-electron chi connectivity index (χ2n) is 11.8. The van der Waals surface area contributed by atoms with Gasteiger partial charge in [-0.3, -0.25) is 9.69 Å². The first-order chi connectivity index (χ1) is 19.4. The molecule has 0 spiro atoms. The molecule has 2 aromatic carbocycles. The van der Waals surface area contributed by atoms with Crippen LogP contribution in [0.25, 0.3) is 11.3 Å². The Labute approximate surface area is 246 Å². The molecule has 3 heterocycles. The number of anilines is 1. The van der Waals surface area contributed by atoms with Gasteiger partial charge in [0.15, 0.2) is 15.0 Å². The van der Waals surface area contributed by atoms with Crippen molar-refractivity contribution in [3.05, 3.63) is 64.0 Å². The summed E-state index contributed by atoms with van der Waals surface area (Å²) in [5.74, 6) is 0.535. The minimum atomic E-state index is -2.88. The highest BCUT2D eigenvalue weighted by Crippen LogP contribution is 2.40. The van der Waals surface area contributed by atoms with Crippen LogP contribution in [-0.2, 0) is 27.8 Å². The normalized spacial score (nSPS) is 22.9. The highest BCUT2D eigenvalue weighted by molar-refractivity contribution is 7.91. The number of carboxylic acids is 1. The average molecular weight is 598 g/mol. The van der Waals surface area contributed by atoms with E-state index in [-0.39, 0.29) is 17.4 Å². The summed E-state index contributed by atoms with van der Waals surface area (Å²) < 4.78 is 29.8. The fraction of sp³-hybridized carbons (Fsp3) is 0.484. The van der Waals surface area contributed by atoms with Crippen LogP contribution >= 0.6 is 11.3 Å². The Morgan fingerprint density at radius 3 is 2.59 bits per heavy atom. The van der Waals surface area contributed by atoms with Crippen molar-refractivity contribution in [3.63, 3.8) is 0 Å². The second kappa shape index (κ2) is 11.7. The zero-order valence-electron chi connectivity index (χ0n) is 24.2. The molecule has 1 N–H and O–H groups in total. The number of thiazole rings is 1.